The summed E-state index contributed by atoms with van der Waals surface area (Å²) in [5.41, 5.74) is 9.21. The Morgan fingerprint density at radius 2 is 2.16 bits per heavy atom. The number of hydrogen-bond acceptors (Lipinski definition) is 3. The maximum Gasteiger partial charge on any atom is 0.139 e. The highest BCUT2D eigenvalue weighted by Gasteiger charge is 2.18. The van der Waals surface area contributed by atoms with Crippen molar-refractivity contribution in [3.63, 3.8) is 0 Å². The first-order valence-electron chi connectivity index (χ1n) is 7.12. The Bertz CT molecular complexity index is 552. The van der Waals surface area contributed by atoms with Gasteiger partial charge in [-0.25, -0.2) is 4.98 Å². The van der Waals surface area contributed by atoms with Gasteiger partial charge in [0.05, 0.1) is 5.69 Å². The molecular formula is C15H22N4. The van der Waals surface area contributed by atoms with Crippen molar-refractivity contribution in [3.8, 4) is 0 Å². The van der Waals surface area contributed by atoms with Crippen molar-refractivity contribution < 1.29 is 0 Å². The third-order valence-corrected chi connectivity index (χ3v) is 4.15. The number of rotatable bonds is 3. The Labute approximate surface area is 114 Å². The maximum absolute atomic E-state index is 5.73. The van der Waals surface area contributed by atoms with Gasteiger partial charge in [0.1, 0.15) is 5.65 Å². The van der Waals surface area contributed by atoms with E-state index in [0.717, 1.165) is 37.7 Å². The predicted molar refractivity (Wildman–Crippen MR) is 77.0 cm³/mol. The lowest BCUT2D eigenvalue weighted by atomic mass is 9.97. The van der Waals surface area contributed by atoms with Crippen molar-refractivity contribution in [1.29, 1.82) is 0 Å². The van der Waals surface area contributed by atoms with E-state index in [-0.39, 0.29) is 0 Å². The molecule has 3 rings (SSSR count). The highest BCUT2D eigenvalue weighted by atomic mass is 15.1. The van der Waals surface area contributed by atoms with E-state index in [9.17, 15) is 0 Å². The van der Waals surface area contributed by atoms with E-state index in [1.807, 2.05) is 0 Å². The summed E-state index contributed by atoms with van der Waals surface area (Å²) in [7, 11) is 0. The summed E-state index contributed by atoms with van der Waals surface area (Å²) in [5, 5.41) is 0. The summed E-state index contributed by atoms with van der Waals surface area (Å²) < 4.78 is 2.12. The summed E-state index contributed by atoms with van der Waals surface area (Å²) in [4.78, 5) is 7.23. The van der Waals surface area contributed by atoms with Crippen LogP contribution in [-0.2, 0) is 6.54 Å². The standard InChI is InChI=1S/C15H22N4/c1-12-3-2-6-19-11-14(17-15(12)19)10-18-7-4-13(9-16)5-8-18/h2-3,6,11,13H,4-5,7-10,16H2,1H3. The molecule has 0 aromatic carbocycles. The SMILES string of the molecule is Cc1cccn2cc(CN3CCC(CN)CC3)nc12. The first-order chi connectivity index (χ1) is 9.26. The molecule has 0 bridgehead atoms. The topological polar surface area (TPSA) is 46.6 Å². The molecule has 0 saturated carbocycles. The zero-order valence-corrected chi connectivity index (χ0v) is 11.5. The van der Waals surface area contributed by atoms with Crippen LogP contribution in [0.1, 0.15) is 24.1 Å². The van der Waals surface area contributed by atoms with Gasteiger partial charge in [-0.05, 0) is 56.9 Å². The maximum atomic E-state index is 5.73. The van der Waals surface area contributed by atoms with E-state index in [1.54, 1.807) is 0 Å². The number of nitrogens with two attached hydrogens (primary N) is 1. The summed E-state index contributed by atoms with van der Waals surface area (Å²) in [6, 6.07) is 4.18. The molecule has 19 heavy (non-hydrogen) atoms. The van der Waals surface area contributed by atoms with Gasteiger partial charge in [0, 0.05) is 18.9 Å². The quantitative estimate of drug-likeness (QED) is 0.913. The number of likely N-dealkylation sites (tertiary alicyclic amines) is 1. The van der Waals surface area contributed by atoms with Gasteiger partial charge in [-0.15, -0.1) is 0 Å². The van der Waals surface area contributed by atoms with Gasteiger partial charge in [-0.1, -0.05) is 6.07 Å². The monoisotopic (exact) mass is 258 g/mol. The van der Waals surface area contributed by atoms with E-state index in [1.165, 1.54) is 24.1 Å². The minimum atomic E-state index is 0.722. The molecule has 1 aliphatic heterocycles. The van der Waals surface area contributed by atoms with Crippen LogP contribution in [0.15, 0.2) is 24.5 Å². The molecule has 0 amide bonds. The van der Waals surface area contributed by atoms with Crippen LogP contribution in [0, 0.1) is 12.8 Å². The fourth-order valence-electron chi connectivity index (χ4n) is 2.89. The average molecular weight is 258 g/mol. The molecule has 0 unspecified atom stereocenters. The second-order valence-electron chi connectivity index (χ2n) is 5.61. The lowest BCUT2D eigenvalue weighted by molar-refractivity contribution is 0.179. The summed E-state index contributed by atoms with van der Waals surface area (Å²) >= 11 is 0. The van der Waals surface area contributed by atoms with Gasteiger partial charge in [0.2, 0.25) is 0 Å². The van der Waals surface area contributed by atoms with Crippen LogP contribution in [0.5, 0.6) is 0 Å². The number of hydrogen-bond donors (Lipinski definition) is 1. The Morgan fingerprint density at radius 3 is 2.84 bits per heavy atom. The zero-order valence-electron chi connectivity index (χ0n) is 11.5. The molecule has 1 saturated heterocycles. The Morgan fingerprint density at radius 1 is 1.37 bits per heavy atom. The van der Waals surface area contributed by atoms with E-state index in [4.69, 9.17) is 10.7 Å². The van der Waals surface area contributed by atoms with Crippen molar-refractivity contribution in [2.24, 2.45) is 11.7 Å². The van der Waals surface area contributed by atoms with Crippen LogP contribution in [0.4, 0.5) is 0 Å². The number of fused-ring (bicyclic) bond motifs is 1. The minimum absolute atomic E-state index is 0.722. The first kappa shape index (κ1) is 12.6. The molecule has 2 N–H and O–H groups in total. The second kappa shape index (κ2) is 5.31. The summed E-state index contributed by atoms with van der Waals surface area (Å²) in [5.74, 6) is 0.722. The predicted octanol–water partition coefficient (Wildman–Crippen LogP) is 1.81. The first-order valence-corrected chi connectivity index (χ1v) is 7.12. The molecule has 0 spiro atoms. The van der Waals surface area contributed by atoms with E-state index >= 15 is 0 Å². The molecule has 2 aromatic rings. The average Bonchev–Trinajstić information content (AvgIpc) is 2.84. The zero-order chi connectivity index (χ0) is 13.2. The van der Waals surface area contributed by atoms with Crippen molar-refractivity contribution >= 4 is 5.65 Å². The number of aryl methyl sites for hydroxylation is 1. The molecule has 1 aliphatic rings. The molecule has 102 valence electrons. The highest BCUT2D eigenvalue weighted by molar-refractivity contribution is 5.47. The normalized spacial score (nSPS) is 18.2. The van der Waals surface area contributed by atoms with Crippen LogP contribution in [0.3, 0.4) is 0 Å². The van der Waals surface area contributed by atoms with Crippen LogP contribution in [0.25, 0.3) is 5.65 Å². The fraction of sp³-hybridized carbons (Fsp3) is 0.533. The third kappa shape index (κ3) is 2.65. The molecule has 0 aliphatic carbocycles. The Hall–Kier alpha value is -1.39. The number of piperidine rings is 1. The second-order valence-corrected chi connectivity index (χ2v) is 5.61. The van der Waals surface area contributed by atoms with Gasteiger partial charge in [-0.3, -0.25) is 4.90 Å². The minimum Gasteiger partial charge on any atom is -0.330 e. The number of imidazole rings is 1. The van der Waals surface area contributed by atoms with Crippen molar-refractivity contribution in [2.75, 3.05) is 19.6 Å². The van der Waals surface area contributed by atoms with Crippen LogP contribution >= 0.6 is 0 Å². The molecule has 4 nitrogen and oxygen atoms in total. The molecule has 0 atom stereocenters. The van der Waals surface area contributed by atoms with Crippen LogP contribution in [0.2, 0.25) is 0 Å². The van der Waals surface area contributed by atoms with E-state index in [2.05, 4.69) is 40.8 Å². The van der Waals surface area contributed by atoms with Crippen molar-refractivity contribution in [3.05, 3.63) is 35.8 Å². The van der Waals surface area contributed by atoms with E-state index < -0.39 is 0 Å². The molecular weight excluding hydrogens is 236 g/mol. The number of aromatic nitrogens is 2. The van der Waals surface area contributed by atoms with Gasteiger partial charge in [0.15, 0.2) is 0 Å². The van der Waals surface area contributed by atoms with Gasteiger partial charge in [0.25, 0.3) is 0 Å². The third-order valence-electron chi connectivity index (χ3n) is 4.15. The fourth-order valence-corrected chi connectivity index (χ4v) is 2.89. The lowest BCUT2D eigenvalue weighted by Crippen LogP contribution is -2.35. The number of nitrogens with zero attached hydrogens (tertiary/aromatic N) is 3. The lowest BCUT2D eigenvalue weighted by Gasteiger charge is -2.30. The Kier molecular flexibility index (Phi) is 3.53. The molecule has 2 aromatic heterocycles. The van der Waals surface area contributed by atoms with E-state index in [0.29, 0.717) is 0 Å². The highest BCUT2D eigenvalue weighted by Crippen LogP contribution is 2.18. The van der Waals surface area contributed by atoms with Gasteiger partial charge < -0.3 is 10.1 Å². The van der Waals surface area contributed by atoms with Crippen molar-refractivity contribution in [1.82, 2.24) is 14.3 Å². The molecule has 3 heterocycles. The summed E-state index contributed by atoms with van der Waals surface area (Å²) in [6.07, 6.45) is 6.67. The molecule has 4 heteroatoms. The van der Waals surface area contributed by atoms with Crippen LogP contribution in [-0.4, -0.2) is 33.9 Å². The molecule has 1 fully saturated rings. The smallest absolute Gasteiger partial charge is 0.139 e. The Balaban J connectivity index is 1.70. The molecule has 0 radical (unpaired) electrons. The largest absolute Gasteiger partial charge is 0.330 e. The number of pyridine rings is 1. The van der Waals surface area contributed by atoms with Gasteiger partial charge >= 0.3 is 0 Å². The van der Waals surface area contributed by atoms with Gasteiger partial charge in [-0.2, -0.15) is 0 Å². The summed E-state index contributed by atoms with van der Waals surface area (Å²) in [6.45, 7) is 6.20. The van der Waals surface area contributed by atoms with Crippen molar-refractivity contribution in [2.45, 2.75) is 26.3 Å². The van der Waals surface area contributed by atoms with Crippen LogP contribution < -0.4 is 5.73 Å².